The zero-order valence-corrected chi connectivity index (χ0v) is 17.2. The highest BCUT2D eigenvalue weighted by Crippen LogP contribution is 2.29. The maximum atomic E-state index is 12.8. The van der Waals surface area contributed by atoms with Gasteiger partial charge < -0.3 is 9.64 Å². The first-order chi connectivity index (χ1) is 13.0. The van der Waals surface area contributed by atoms with Crippen molar-refractivity contribution in [2.75, 3.05) is 20.2 Å². The lowest BCUT2D eigenvalue weighted by Gasteiger charge is -2.17. The molecule has 0 atom stereocenters. The number of carbonyl (C=O) groups excluding carboxylic acids is 1. The number of ether oxygens (including phenoxy) is 1. The largest absolute Gasteiger partial charge is 0.490 e. The summed E-state index contributed by atoms with van der Waals surface area (Å²) in [4.78, 5) is 19.6. The number of amides is 1. The van der Waals surface area contributed by atoms with Crippen LogP contribution in [-0.4, -0.2) is 36.0 Å². The topological polar surface area (TPSA) is 42.4 Å². The summed E-state index contributed by atoms with van der Waals surface area (Å²) in [6.07, 6.45) is 0. The molecule has 0 aliphatic rings. The number of rotatable bonds is 6. The fourth-order valence-electron chi connectivity index (χ4n) is 2.44. The molecule has 0 fully saturated rings. The van der Waals surface area contributed by atoms with Gasteiger partial charge in [0.25, 0.3) is 5.91 Å². The number of aryl methyl sites for hydroxylation is 1. The van der Waals surface area contributed by atoms with Crippen LogP contribution in [0.5, 0.6) is 5.75 Å². The predicted molar refractivity (Wildman–Crippen MR) is 111 cm³/mol. The van der Waals surface area contributed by atoms with Gasteiger partial charge in [0.2, 0.25) is 0 Å². The molecule has 0 aliphatic carbocycles. The highest BCUT2D eigenvalue weighted by atomic mass is 35.5. The monoisotopic (exact) mass is 420 g/mol. The summed E-state index contributed by atoms with van der Waals surface area (Å²) < 4.78 is 5.66. The fourth-order valence-corrected chi connectivity index (χ4v) is 3.82. The van der Waals surface area contributed by atoms with Crippen LogP contribution in [0.3, 0.4) is 0 Å². The van der Waals surface area contributed by atoms with Gasteiger partial charge in [0.1, 0.15) is 22.2 Å². The molecule has 4 nitrogen and oxygen atoms in total. The molecule has 2 aromatic carbocycles. The van der Waals surface area contributed by atoms with E-state index in [4.69, 9.17) is 27.9 Å². The summed E-state index contributed by atoms with van der Waals surface area (Å²) in [5.41, 5.74) is 1.66. The van der Waals surface area contributed by atoms with E-state index in [1.165, 1.54) is 11.3 Å². The van der Waals surface area contributed by atoms with Crippen LogP contribution < -0.4 is 4.74 Å². The first-order valence-corrected chi connectivity index (χ1v) is 9.89. The van der Waals surface area contributed by atoms with Crippen LogP contribution >= 0.6 is 34.5 Å². The van der Waals surface area contributed by atoms with Gasteiger partial charge in [0, 0.05) is 17.6 Å². The molecule has 0 radical (unpaired) electrons. The first-order valence-electron chi connectivity index (χ1n) is 8.32. The lowest BCUT2D eigenvalue weighted by molar-refractivity contribution is 0.0777. The predicted octanol–water partition coefficient (Wildman–Crippen LogP) is 5.58. The molecule has 1 amide bonds. The van der Waals surface area contributed by atoms with E-state index in [0.717, 1.165) is 10.6 Å². The minimum absolute atomic E-state index is 0.0760. The third-order valence-corrected chi connectivity index (χ3v) is 5.71. The minimum atomic E-state index is -0.0760. The average Bonchev–Trinajstić information content (AvgIpc) is 3.04. The molecule has 3 rings (SSSR count). The molecule has 7 heteroatoms. The van der Waals surface area contributed by atoms with E-state index in [1.54, 1.807) is 24.1 Å². The molecule has 0 bridgehead atoms. The SMILES string of the molecule is Cc1nc(-c2ccc(Cl)cc2)sc1C(=O)N(C)CCOc1ccccc1Cl. The van der Waals surface area contributed by atoms with Crippen LogP contribution in [0.25, 0.3) is 10.6 Å². The summed E-state index contributed by atoms with van der Waals surface area (Å²) >= 11 is 13.4. The zero-order chi connectivity index (χ0) is 19.4. The van der Waals surface area contributed by atoms with Crippen LogP contribution in [0.1, 0.15) is 15.4 Å². The van der Waals surface area contributed by atoms with E-state index in [-0.39, 0.29) is 5.91 Å². The van der Waals surface area contributed by atoms with Gasteiger partial charge in [-0.3, -0.25) is 4.79 Å². The smallest absolute Gasteiger partial charge is 0.265 e. The third kappa shape index (κ3) is 4.80. The van der Waals surface area contributed by atoms with Crippen molar-refractivity contribution in [3.63, 3.8) is 0 Å². The van der Waals surface area contributed by atoms with Gasteiger partial charge in [-0.25, -0.2) is 4.98 Å². The normalized spacial score (nSPS) is 10.7. The molecule has 0 unspecified atom stereocenters. The molecule has 0 spiro atoms. The summed E-state index contributed by atoms with van der Waals surface area (Å²) in [6.45, 7) is 2.64. The number of para-hydroxylation sites is 1. The Bertz CT molecular complexity index is 941. The van der Waals surface area contributed by atoms with E-state index in [2.05, 4.69) is 4.98 Å². The third-order valence-electron chi connectivity index (χ3n) is 3.95. The molecular formula is C20H18Cl2N2O2S. The molecule has 3 aromatic rings. The molecule has 0 saturated carbocycles. The van der Waals surface area contributed by atoms with Gasteiger partial charge >= 0.3 is 0 Å². The van der Waals surface area contributed by atoms with E-state index >= 15 is 0 Å². The van der Waals surface area contributed by atoms with Gasteiger partial charge in [-0.2, -0.15) is 0 Å². The highest BCUT2D eigenvalue weighted by molar-refractivity contribution is 7.17. The second-order valence-electron chi connectivity index (χ2n) is 5.95. The van der Waals surface area contributed by atoms with E-state index in [1.807, 2.05) is 43.3 Å². The van der Waals surface area contributed by atoms with Crippen molar-refractivity contribution >= 4 is 40.4 Å². The summed E-state index contributed by atoms with van der Waals surface area (Å²) in [6, 6.07) is 14.7. The Morgan fingerprint density at radius 3 is 2.56 bits per heavy atom. The lowest BCUT2D eigenvalue weighted by Crippen LogP contribution is -2.30. The van der Waals surface area contributed by atoms with Gasteiger partial charge in [0.05, 0.1) is 17.3 Å². The number of aromatic nitrogens is 1. The van der Waals surface area contributed by atoms with Crippen LogP contribution in [0, 0.1) is 6.92 Å². The van der Waals surface area contributed by atoms with Gasteiger partial charge in [0.15, 0.2) is 0 Å². The molecule has 1 aromatic heterocycles. The van der Waals surface area contributed by atoms with Crippen molar-refractivity contribution in [2.45, 2.75) is 6.92 Å². The van der Waals surface area contributed by atoms with Gasteiger partial charge in [-0.15, -0.1) is 11.3 Å². The second-order valence-corrected chi connectivity index (χ2v) is 7.79. The fraction of sp³-hybridized carbons (Fsp3) is 0.200. The minimum Gasteiger partial charge on any atom is -0.490 e. The zero-order valence-electron chi connectivity index (χ0n) is 14.9. The Morgan fingerprint density at radius 1 is 1.15 bits per heavy atom. The molecule has 140 valence electrons. The van der Waals surface area contributed by atoms with Crippen LogP contribution in [0.4, 0.5) is 0 Å². The number of likely N-dealkylation sites (N-methyl/N-ethyl adjacent to an activating group) is 1. The van der Waals surface area contributed by atoms with Crippen molar-refractivity contribution in [2.24, 2.45) is 0 Å². The number of hydrogen-bond acceptors (Lipinski definition) is 4. The number of hydrogen-bond donors (Lipinski definition) is 0. The van der Waals surface area contributed by atoms with E-state index in [9.17, 15) is 4.79 Å². The van der Waals surface area contributed by atoms with Gasteiger partial charge in [-0.1, -0.05) is 47.5 Å². The Hall–Kier alpha value is -2.08. The van der Waals surface area contributed by atoms with Crippen molar-refractivity contribution in [1.29, 1.82) is 0 Å². The highest BCUT2D eigenvalue weighted by Gasteiger charge is 2.19. The van der Waals surface area contributed by atoms with Crippen LogP contribution in [0.2, 0.25) is 10.0 Å². The van der Waals surface area contributed by atoms with E-state index < -0.39 is 0 Å². The average molecular weight is 421 g/mol. The molecule has 0 saturated heterocycles. The van der Waals surface area contributed by atoms with E-state index in [0.29, 0.717) is 39.5 Å². The first kappa shape index (κ1) is 19.7. The Morgan fingerprint density at radius 2 is 1.85 bits per heavy atom. The lowest BCUT2D eigenvalue weighted by atomic mass is 10.2. The maximum absolute atomic E-state index is 12.8. The van der Waals surface area contributed by atoms with Crippen molar-refractivity contribution in [1.82, 2.24) is 9.88 Å². The number of benzene rings is 2. The molecule has 0 N–H and O–H groups in total. The number of carbonyl (C=O) groups is 1. The molecule has 1 heterocycles. The second kappa shape index (κ2) is 8.74. The van der Waals surface area contributed by atoms with Crippen LogP contribution in [-0.2, 0) is 0 Å². The van der Waals surface area contributed by atoms with Crippen LogP contribution in [0.15, 0.2) is 48.5 Å². The van der Waals surface area contributed by atoms with Gasteiger partial charge in [-0.05, 0) is 31.2 Å². The Labute approximate surface area is 172 Å². The van der Waals surface area contributed by atoms with Crippen molar-refractivity contribution < 1.29 is 9.53 Å². The quantitative estimate of drug-likeness (QED) is 0.522. The molecule has 0 aliphatic heterocycles. The number of halogens is 2. The Balaban J connectivity index is 1.64. The summed E-state index contributed by atoms with van der Waals surface area (Å²) in [5, 5.41) is 2.02. The standard InChI is InChI=1S/C20H18Cl2N2O2S/c1-13-18(27-19(23-13)14-7-9-15(21)10-8-14)20(25)24(2)11-12-26-17-6-4-3-5-16(17)22/h3-10H,11-12H2,1-2H3. The summed E-state index contributed by atoms with van der Waals surface area (Å²) in [5.74, 6) is 0.534. The molecule has 27 heavy (non-hydrogen) atoms. The van der Waals surface area contributed by atoms with Crippen molar-refractivity contribution in [3.05, 3.63) is 69.1 Å². The Kier molecular flexibility index (Phi) is 6.37. The molecular weight excluding hydrogens is 403 g/mol. The van der Waals surface area contributed by atoms with Crippen molar-refractivity contribution in [3.8, 4) is 16.3 Å². The summed E-state index contributed by atoms with van der Waals surface area (Å²) in [7, 11) is 1.75. The number of thiazole rings is 1. The number of nitrogens with zero attached hydrogens (tertiary/aromatic N) is 2. The maximum Gasteiger partial charge on any atom is 0.265 e.